The monoisotopic (exact) mass is 362 g/mol. The van der Waals surface area contributed by atoms with Gasteiger partial charge in [0.05, 0.1) is 6.26 Å². The average Bonchev–Trinajstić information content (AvgIpc) is 2.81. The van der Waals surface area contributed by atoms with Crippen LogP contribution in [0.25, 0.3) is 0 Å². The van der Waals surface area contributed by atoms with E-state index in [0.717, 1.165) is 10.8 Å². The maximum absolute atomic E-state index is 11.9. The van der Waals surface area contributed by atoms with Crippen molar-refractivity contribution >= 4 is 16.1 Å². The Labute approximate surface area is 137 Å². The van der Waals surface area contributed by atoms with Gasteiger partial charge in [-0.2, -0.15) is 8.42 Å². The Balaban J connectivity index is 2.27. The summed E-state index contributed by atoms with van der Waals surface area (Å²) in [5.41, 5.74) is -0.918. The normalized spacial score (nSPS) is 24.0. The first kappa shape index (κ1) is 18.4. The van der Waals surface area contributed by atoms with E-state index in [1.165, 1.54) is 20.0 Å². The van der Waals surface area contributed by atoms with E-state index in [0.29, 0.717) is 5.56 Å². The first-order valence-corrected chi connectivity index (χ1v) is 8.87. The molecule has 2 heterocycles. The summed E-state index contributed by atoms with van der Waals surface area (Å²) in [4.78, 5) is 36.4. The molecular weight excluding hydrogens is 344 g/mol. The molecule has 1 aromatic heterocycles. The molecular formula is C13H18N2O8S. The van der Waals surface area contributed by atoms with Crippen molar-refractivity contribution in [2.24, 2.45) is 0 Å². The second-order valence-corrected chi connectivity index (χ2v) is 7.09. The van der Waals surface area contributed by atoms with Gasteiger partial charge in [0.1, 0.15) is 25.0 Å². The van der Waals surface area contributed by atoms with Crippen molar-refractivity contribution in [3.8, 4) is 0 Å². The minimum absolute atomic E-state index is 0.0321. The van der Waals surface area contributed by atoms with Crippen LogP contribution in [0.2, 0.25) is 0 Å². The zero-order valence-electron chi connectivity index (χ0n) is 13.3. The van der Waals surface area contributed by atoms with E-state index in [1.807, 2.05) is 0 Å². The molecule has 1 fully saturated rings. The van der Waals surface area contributed by atoms with Gasteiger partial charge in [-0.3, -0.25) is 23.3 Å². The molecule has 1 aliphatic heterocycles. The molecule has 0 unspecified atom stereocenters. The molecule has 1 aromatic rings. The number of H-pyrrole nitrogens is 1. The SMILES string of the molecule is CC(=O)OC[C@H]1O[C@@H](n2cc(C)c(=O)[nH]c2=O)C[C@@H]1OS(C)(=O)=O. The fourth-order valence-electron chi connectivity index (χ4n) is 2.35. The van der Waals surface area contributed by atoms with E-state index < -0.39 is 45.8 Å². The second kappa shape index (κ2) is 6.87. The second-order valence-electron chi connectivity index (χ2n) is 5.48. The Hall–Kier alpha value is -1.98. The van der Waals surface area contributed by atoms with E-state index in [9.17, 15) is 22.8 Å². The van der Waals surface area contributed by atoms with Crippen molar-refractivity contribution in [3.05, 3.63) is 32.6 Å². The predicted octanol–water partition coefficient (Wildman–Crippen LogP) is -0.960. The van der Waals surface area contributed by atoms with Gasteiger partial charge in [-0.15, -0.1) is 0 Å². The summed E-state index contributed by atoms with van der Waals surface area (Å²) in [5.74, 6) is -0.558. The van der Waals surface area contributed by atoms with Crippen molar-refractivity contribution in [2.45, 2.75) is 38.7 Å². The molecule has 1 N–H and O–H groups in total. The molecule has 2 rings (SSSR count). The molecule has 10 nitrogen and oxygen atoms in total. The molecule has 0 aromatic carbocycles. The van der Waals surface area contributed by atoms with Crippen LogP contribution in [-0.2, 0) is 28.6 Å². The maximum atomic E-state index is 11.9. The van der Waals surface area contributed by atoms with Gasteiger partial charge < -0.3 is 9.47 Å². The van der Waals surface area contributed by atoms with E-state index in [-0.39, 0.29) is 13.0 Å². The number of carbonyl (C=O) groups is 1. The van der Waals surface area contributed by atoms with Gasteiger partial charge in [-0.25, -0.2) is 4.79 Å². The first-order valence-electron chi connectivity index (χ1n) is 7.06. The minimum atomic E-state index is -3.78. The number of aryl methyl sites for hydroxylation is 1. The highest BCUT2D eigenvalue weighted by molar-refractivity contribution is 7.86. The Morgan fingerprint density at radius 2 is 2.12 bits per heavy atom. The molecule has 0 radical (unpaired) electrons. The van der Waals surface area contributed by atoms with Crippen LogP contribution in [0.15, 0.2) is 15.8 Å². The van der Waals surface area contributed by atoms with Gasteiger partial charge in [0.15, 0.2) is 0 Å². The molecule has 24 heavy (non-hydrogen) atoms. The van der Waals surface area contributed by atoms with Gasteiger partial charge in [-0.05, 0) is 6.92 Å². The summed E-state index contributed by atoms with van der Waals surface area (Å²) in [7, 11) is -3.78. The standard InChI is InChI=1S/C13H18N2O8S/c1-7-5-15(13(18)14-12(7)17)11-4-9(23-24(3,19)20)10(22-11)6-21-8(2)16/h5,9-11H,4,6H2,1-3H3,(H,14,17,18)/t9-,10+,11+/m0/s1. The molecule has 11 heteroatoms. The van der Waals surface area contributed by atoms with Crippen molar-refractivity contribution in [3.63, 3.8) is 0 Å². The van der Waals surface area contributed by atoms with Crippen LogP contribution in [-0.4, -0.2) is 49.0 Å². The van der Waals surface area contributed by atoms with Crippen molar-refractivity contribution in [1.82, 2.24) is 9.55 Å². The fraction of sp³-hybridized carbons (Fsp3) is 0.615. The number of carbonyl (C=O) groups excluding carboxylic acids is 1. The smallest absolute Gasteiger partial charge is 0.330 e. The third kappa shape index (κ3) is 4.52. The summed E-state index contributed by atoms with van der Waals surface area (Å²) in [6.07, 6.45) is -0.418. The van der Waals surface area contributed by atoms with Gasteiger partial charge in [-0.1, -0.05) is 0 Å². The number of aromatic nitrogens is 2. The lowest BCUT2D eigenvalue weighted by Gasteiger charge is -2.17. The molecule has 0 amide bonds. The predicted molar refractivity (Wildman–Crippen MR) is 80.9 cm³/mol. The Bertz CT molecular complexity index is 840. The van der Waals surface area contributed by atoms with E-state index in [1.54, 1.807) is 0 Å². The number of aromatic amines is 1. The van der Waals surface area contributed by atoms with Gasteiger partial charge >= 0.3 is 11.7 Å². The summed E-state index contributed by atoms with van der Waals surface area (Å²) in [6, 6.07) is 0. The van der Waals surface area contributed by atoms with Crippen molar-refractivity contribution in [2.75, 3.05) is 12.9 Å². The Morgan fingerprint density at radius 3 is 2.71 bits per heavy atom. The van der Waals surface area contributed by atoms with E-state index in [2.05, 4.69) is 4.98 Å². The van der Waals surface area contributed by atoms with E-state index in [4.69, 9.17) is 13.7 Å². The molecule has 134 valence electrons. The lowest BCUT2D eigenvalue weighted by molar-refractivity contribution is -0.147. The van der Waals surface area contributed by atoms with Crippen LogP contribution < -0.4 is 11.2 Å². The summed E-state index contributed by atoms with van der Waals surface area (Å²) in [5, 5.41) is 0. The number of nitrogens with zero attached hydrogens (tertiary/aromatic N) is 1. The van der Waals surface area contributed by atoms with Crippen LogP contribution in [0.3, 0.4) is 0 Å². The summed E-state index contributed by atoms with van der Waals surface area (Å²) >= 11 is 0. The molecule has 1 saturated heterocycles. The summed E-state index contributed by atoms with van der Waals surface area (Å²) < 4.78 is 39.3. The third-order valence-electron chi connectivity index (χ3n) is 3.39. The topological polar surface area (TPSA) is 134 Å². The molecule has 0 saturated carbocycles. The largest absolute Gasteiger partial charge is 0.463 e. The zero-order valence-corrected chi connectivity index (χ0v) is 14.2. The molecule has 0 aliphatic carbocycles. The highest BCUT2D eigenvalue weighted by Crippen LogP contribution is 2.31. The number of ether oxygens (including phenoxy) is 2. The van der Waals surface area contributed by atoms with Gasteiger partial charge in [0.25, 0.3) is 15.7 Å². The summed E-state index contributed by atoms with van der Waals surface area (Å²) in [6.45, 7) is 2.50. The van der Waals surface area contributed by atoms with Gasteiger partial charge in [0.2, 0.25) is 0 Å². The molecule has 0 spiro atoms. The lowest BCUT2D eigenvalue weighted by Crippen LogP contribution is -2.33. The van der Waals surface area contributed by atoms with Crippen molar-refractivity contribution < 1.29 is 26.9 Å². The number of hydrogen-bond acceptors (Lipinski definition) is 8. The first-order chi connectivity index (χ1) is 11.1. The maximum Gasteiger partial charge on any atom is 0.330 e. The highest BCUT2D eigenvalue weighted by Gasteiger charge is 2.40. The molecule has 1 aliphatic rings. The number of hydrogen-bond donors (Lipinski definition) is 1. The highest BCUT2D eigenvalue weighted by atomic mass is 32.2. The number of rotatable bonds is 5. The van der Waals surface area contributed by atoms with Crippen LogP contribution in [0.4, 0.5) is 0 Å². The fourth-order valence-corrected chi connectivity index (χ4v) is 3.00. The Morgan fingerprint density at radius 1 is 1.46 bits per heavy atom. The Kier molecular flexibility index (Phi) is 5.26. The number of nitrogens with one attached hydrogen (secondary N) is 1. The van der Waals surface area contributed by atoms with Crippen LogP contribution >= 0.6 is 0 Å². The van der Waals surface area contributed by atoms with Crippen LogP contribution in [0, 0.1) is 6.92 Å². The lowest BCUT2D eigenvalue weighted by atomic mass is 10.2. The quantitative estimate of drug-likeness (QED) is 0.523. The molecule has 3 atom stereocenters. The molecule has 0 bridgehead atoms. The van der Waals surface area contributed by atoms with Crippen molar-refractivity contribution in [1.29, 1.82) is 0 Å². The van der Waals surface area contributed by atoms with Crippen LogP contribution in [0.1, 0.15) is 25.1 Å². The zero-order chi connectivity index (χ0) is 18.1. The number of esters is 1. The minimum Gasteiger partial charge on any atom is -0.463 e. The average molecular weight is 362 g/mol. The van der Waals surface area contributed by atoms with Gasteiger partial charge in [0, 0.05) is 25.1 Å². The third-order valence-corrected chi connectivity index (χ3v) is 3.98. The van der Waals surface area contributed by atoms with E-state index >= 15 is 0 Å². The van der Waals surface area contributed by atoms with Crippen LogP contribution in [0.5, 0.6) is 0 Å².